The van der Waals surface area contributed by atoms with Crippen molar-refractivity contribution in [2.24, 2.45) is 0 Å². The Morgan fingerprint density at radius 2 is 2.00 bits per heavy atom. The van der Waals surface area contributed by atoms with E-state index < -0.39 is 0 Å². The summed E-state index contributed by atoms with van der Waals surface area (Å²) in [6.45, 7) is 5.23. The number of aromatic nitrogens is 3. The Morgan fingerprint density at radius 1 is 1.23 bits per heavy atom. The molecule has 2 aromatic heterocycles. The largest absolute Gasteiger partial charge is 0.508 e. The van der Waals surface area contributed by atoms with Crippen LogP contribution in [0.5, 0.6) is 5.75 Å². The molecule has 0 saturated heterocycles. The quantitative estimate of drug-likeness (QED) is 0.762. The number of benzene rings is 1. The normalized spacial score (nSPS) is 10.9. The third-order valence-corrected chi connectivity index (χ3v) is 3.47. The number of carbonyl (C=O) groups excluding carboxylic acids is 1. The number of aryl methyl sites for hydroxylation is 2. The van der Waals surface area contributed by atoms with Gasteiger partial charge >= 0.3 is 0 Å². The van der Waals surface area contributed by atoms with Gasteiger partial charge in [0, 0.05) is 18.7 Å². The molecule has 0 saturated carbocycles. The van der Waals surface area contributed by atoms with Crippen LogP contribution in [0.15, 0.2) is 30.5 Å². The molecule has 6 nitrogen and oxygen atoms in total. The van der Waals surface area contributed by atoms with Gasteiger partial charge in [-0.15, -0.1) is 5.10 Å². The van der Waals surface area contributed by atoms with Crippen LogP contribution in [0.4, 0.5) is 5.95 Å². The molecule has 2 heterocycles. The standard InChI is InChI=1S/C16H16N4O2/c1-9-7-14(22)10(2)6-13(9)12-4-5-15-18-16(17-11(3)21)19-20(15)8-12/h4-8,22H,1-3H3,(H,17,19,21). The first-order chi connectivity index (χ1) is 10.4. The van der Waals surface area contributed by atoms with Gasteiger partial charge in [-0.25, -0.2) is 4.52 Å². The van der Waals surface area contributed by atoms with Gasteiger partial charge in [-0.05, 0) is 54.8 Å². The summed E-state index contributed by atoms with van der Waals surface area (Å²) in [5.41, 5.74) is 4.43. The zero-order valence-corrected chi connectivity index (χ0v) is 12.6. The zero-order valence-electron chi connectivity index (χ0n) is 12.6. The molecule has 2 N–H and O–H groups in total. The predicted molar refractivity (Wildman–Crippen MR) is 83.9 cm³/mol. The molecule has 3 aromatic rings. The van der Waals surface area contributed by atoms with Crippen LogP contribution >= 0.6 is 0 Å². The van der Waals surface area contributed by atoms with E-state index in [4.69, 9.17) is 0 Å². The molecular formula is C16H16N4O2. The van der Waals surface area contributed by atoms with E-state index in [1.54, 1.807) is 10.6 Å². The molecule has 0 fully saturated rings. The van der Waals surface area contributed by atoms with Crippen LogP contribution < -0.4 is 5.32 Å². The lowest BCUT2D eigenvalue weighted by Crippen LogP contribution is -2.07. The number of phenols is 1. The number of aromatic hydroxyl groups is 1. The number of nitrogens with zero attached hydrogens (tertiary/aromatic N) is 3. The van der Waals surface area contributed by atoms with Crippen molar-refractivity contribution in [3.8, 4) is 16.9 Å². The first-order valence-electron chi connectivity index (χ1n) is 6.88. The maximum atomic E-state index is 11.1. The number of amides is 1. The third kappa shape index (κ3) is 2.50. The van der Waals surface area contributed by atoms with E-state index in [-0.39, 0.29) is 17.6 Å². The van der Waals surface area contributed by atoms with Crippen LogP contribution in [-0.2, 0) is 4.79 Å². The van der Waals surface area contributed by atoms with E-state index in [1.807, 2.05) is 38.2 Å². The van der Waals surface area contributed by atoms with Crippen molar-refractivity contribution < 1.29 is 9.90 Å². The van der Waals surface area contributed by atoms with Crippen molar-refractivity contribution in [2.75, 3.05) is 5.32 Å². The van der Waals surface area contributed by atoms with Gasteiger partial charge < -0.3 is 5.11 Å². The molecule has 1 aromatic carbocycles. The number of carbonyl (C=O) groups is 1. The van der Waals surface area contributed by atoms with E-state index in [2.05, 4.69) is 15.4 Å². The fraction of sp³-hybridized carbons (Fsp3) is 0.188. The molecular weight excluding hydrogens is 280 g/mol. The van der Waals surface area contributed by atoms with E-state index >= 15 is 0 Å². The summed E-state index contributed by atoms with van der Waals surface area (Å²) in [5.74, 6) is 0.362. The van der Waals surface area contributed by atoms with Gasteiger partial charge in [0.05, 0.1) is 0 Å². The lowest BCUT2D eigenvalue weighted by molar-refractivity contribution is -0.114. The van der Waals surface area contributed by atoms with Gasteiger partial charge in [-0.3, -0.25) is 10.1 Å². The molecule has 0 atom stereocenters. The van der Waals surface area contributed by atoms with Crippen LogP contribution in [0.25, 0.3) is 16.8 Å². The second kappa shape index (κ2) is 5.14. The Bertz CT molecular complexity index is 883. The van der Waals surface area contributed by atoms with E-state index in [1.165, 1.54) is 6.92 Å². The molecule has 0 unspecified atom stereocenters. The smallest absolute Gasteiger partial charge is 0.249 e. The number of pyridine rings is 1. The second-order valence-electron chi connectivity index (χ2n) is 5.29. The summed E-state index contributed by atoms with van der Waals surface area (Å²) < 4.78 is 1.63. The molecule has 0 bridgehead atoms. The fourth-order valence-corrected chi connectivity index (χ4v) is 2.36. The fourth-order valence-electron chi connectivity index (χ4n) is 2.36. The van der Waals surface area contributed by atoms with Crippen LogP contribution in [0.2, 0.25) is 0 Å². The van der Waals surface area contributed by atoms with Crippen molar-refractivity contribution in [1.82, 2.24) is 14.6 Å². The lowest BCUT2D eigenvalue weighted by atomic mass is 9.99. The maximum Gasteiger partial charge on any atom is 0.249 e. The minimum Gasteiger partial charge on any atom is -0.508 e. The number of anilines is 1. The Kier molecular flexibility index (Phi) is 3.29. The van der Waals surface area contributed by atoms with Gasteiger partial charge in [-0.1, -0.05) is 0 Å². The highest BCUT2D eigenvalue weighted by Crippen LogP contribution is 2.29. The number of hydrogen-bond donors (Lipinski definition) is 2. The van der Waals surface area contributed by atoms with Crippen molar-refractivity contribution in [3.63, 3.8) is 0 Å². The molecule has 0 spiro atoms. The highest BCUT2D eigenvalue weighted by Gasteiger charge is 2.09. The summed E-state index contributed by atoms with van der Waals surface area (Å²) in [7, 11) is 0. The Hall–Kier alpha value is -2.89. The van der Waals surface area contributed by atoms with Gasteiger partial charge in [0.15, 0.2) is 5.65 Å². The third-order valence-electron chi connectivity index (χ3n) is 3.47. The number of rotatable bonds is 2. The maximum absolute atomic E-state index is 11.1. The van der Waals surface area contributed by atoms with Crippen LogP contribution in [0.1, 0.15) is 18.1 Å². The van der Waals surface area contributed by atoms with Crippen LogP contribution in [0.3, 0.4) is 0 Å². The molecule has 0 radical (unpaired) electrons. The first-order valence-corrected chi connectivity index (χ1v) is 6.88. The summed E-state index contributed by atoms with van der Waals surface area (Å²) >= 11 is 0. The van der Waals surface area contributed by atoms with Gasteiger partial charge in [0.1, 0.15) is 5.75 Å². The highest BCUT2D eigenvalue weighted by molar-refractivity contribution is 5.86. The Labute approximate surface area is 127 Å². The summed E-state index contributed by atoms with van der Waals surface area (Å²) in [5, 5.41) is 16.6. The van der Waals surface area contributed by atoms with Crippen molar-refractivity contribution in [1.29, 1.82) is 0 Å². The minimum absolute atomic E-state index is 0.207. The van der Waals surface area contributed by atoms with Crippen LogP contribution in [0, 0.1) is 13.8 Å². The number of fused-ring (bicyclic) bond motifs is 1. The molecule has 112 valence electrons. The van der Waals surface area contributed by atoms with Crippen LogP contribution in [-0.4, -0.2) is 25.6 Å². The summed E-state index contributed by atoms with van der Waals surface area (Å²) in [6.07, 6.45) is 1.85. The number of phenolic OH excluding ortho intramolecular Hbond substituents is 1. The number of hydrogen-bond acceptors (Lipinski definition) is 4. The minimum atomic E-state index is -0.207. The summed E-state index contributed by atoms with van der Waals surface area (Å²) in [6, 6.07) is 7.48. The molecule has 3 rings (SSSR count). The summed E-state index contributed by atoms with van der Waals surface area (Å²) in [4.78, 5) is 15.3. The number of nitrogens with one attached hydrogen (secondary N) is 1. The van der Waals surface area contributed by atoms with Crippen molar-refractivity contribution in [2.45, 2.75) is 20.8 Å². The second-order valence-corrected chi connectivity index (χ2v) is 5.29. The van der Waals surface area contributed by atoms with Gasteiger partial charge in [0.25, 0.3) is 0 Å². The van der Waals surface area contributed by atoms with Crippen molar-refractivity contribution >= 4 is 17.5 Å². The Morgan fingerprint density at radius 3 is 2.73 bits per heavy atom. The molecule has 0 aliphatic heterocycles. The SMILES string of the molecule is CC(=O)Nc1nc2ccc(-c3cc(C)c(O)cc3C)cn2n1. The van der Waals surface area contributed by atoms with Gasteiger partial charge in [-0.2, -0.15) is 4.98 Å². The monoisotopic (exact) mass is 296 g/mol. The van der Waals surface area contributed by atoms with E-state index in [0.29, 0.717) is 5.65 Å². The van der Waals surface area contributed by atoms with Crippen molar-refractivity contribution in [3.05, 3.63) is 41.6 Å². The van der Waals surface area contributed by atoms with E-state index in [0.717, 1.165) is 22.3 Å². The molecule has 22 heavy (non-hydrogen) atoms. The molecule has 6 heteroatoms. The van der Waals surface area contributed by atoms with Gasteiger partial charge in [0.2, 0.25) is 11.9 Å². The molecule has 1 amide bonds. The topological polar surface area (TPSA) is 79.5 Å². The van der Waals surface area contributed by atoms with E-state index in [9.17, 15) is 9.90 Å². The Balaban J connectivity index is 2.08. The average molecular weight is 296 g/mol. The zero-order chi connectivity index (χ0) is 15.9. The lowest BCUT2D eigenvalue weighted by Gasteiger charge is -2.09. The molecule has 0 aliphatic rings. The first kappa shape index (κ1) is 14.1. The average Bonchev–Trinajstić information content (AvgIpc) is 2.83. The highest BCUT2D eigenvalue weighted by atomic mass is 16.3. The predicted octanol–water partition coefficient (Wildman–Crippen LogP) is 2.68. The molecule has 0 aliphatic carbocycles.